The maximum Gasteiger partial charge on any atom is 0.343 e. The van der Waals surface area contributed by atoms with Crippen LogP contribution < -0.4 is 9.47 Å². The number of benzene rings is 3. The molecule has 0 bridgehead atoms. The van der Waals surface area contributed by atoms with E-state index in [1.807, 2.05) is 25.1 Å². The third-order valence-corrected chi connectivity index (χ3v) is 6.59. The Balaban J connectivity index is 1.76. The number of ether oxygens (including phenoxy) is 2. The van der Waals surface area contributed by atoms with Gasteiger partial charge in [0, 0.05) is 11.1 Å². The maximum atomic E-state index is 12.8. The zero-order valence-corrected chi connectivity index (χ0v) is 19.5. The largest absolute Gasteiger partial charge is 0.423 e. The molecule has 172 valence electrons. The van der Waals surface area contributed by atoms with Crippen LogP contribution in [0.3, 0.4) is 0 Å². The van der Waals surface area contributed by atoms with E-state index in [0.717, 1.165) is 16.7 Å². The summed E-state index contributed by atoms with van der Waals surface area (Å²) in [5.41, 5.74) is 3.39. The molecule has 0 unspecified atom stereocenters. The minimum Gasteiger partial charge on any atom is -0.423 e. The highest BCUT2D eigenvalue weighted by Crippen LogP contribution is 2.49. The summed E-state index contributed by atoms with van der Waals surface area (Å²) < 4.78 is 11.7. The minimum atomic E-state index is -0.431. The summed E-state index contributed by atoms with van der Waals surface area (Å²) >= 11 is 0. The predicted octanol–water partition coefficient (Wildman–Crippen LogP) is 6.61. The number of carbonyl (C=O) groups is 2. The van der Waals surface area contributed by atoms with Crippen molar-refractivity contribution in [3.05, 3.63) is 120 Å². The Morgan fingerprint density at radius 2 is 1.32 bits per heavy atom. The van der Waals surface area contributed by atoms with Crippen molar-refractivity contribution in [3.8, 4) is 11.5 Å². The SMILES string of the molecule is C=C[C@]1(C)Cc2c(OC(=O)c3ccccc3)ccc(OC(=O)c3ccccc3)c2C[C@@H]1C(=C)C. The Hall–Kier alpha value is -3.92. The van der Waals surface area contributed by atoms with E-state index in [-0.39, 0.29) is 11.3 Å². The molecular formula is C30H28O4. The molecule has 4 nitrogen and oxygen atoms in total. The van der Waals surface area contributed by atoms with Gasteiger partial charge >= 0.3 is 11.9 Å². The van der Waals surface area contributed by atoms with Gasteiger partial charge in [0.1, 0.15) is 11.5 Å². The molecule has 0 fully saturated rings. The quantitative estimate of drug-likeness (QED) is 0.240. The average Bonchev–Trinajstić information content (AvgIpc) is 2.86. The van der Waals surface area contributed by atoms with E-state index < -0.39 is 11.9 Å². The lowest BCUT2D eigenvalue weighted by molar-refractivity contribution is 0.0713. The zero-order chi connectivity index (χ0) is 24.3. The molecule has 0 N–H and O–H groups in total. The number of fused-ring (bicyclic) bond motifs is 1. The molecule has 0 saturated carbocycles. The number of carbonyl (C=O) groups excluding carboxylic acids is 2. The molecule has 1 aliphatic carbocycles. The fraction of sp³-hybridized carbons (Fsp3) is 0.200. The van der Waals surface area contributed by atoms with Crippen LogP contribution in [0.5, 0.6) is 11.5 Å². The molecule has 1 aliphatic rings. The van der Waals surface area contributed by atoms with Crippen molar-refractivity contribution in [2.24, 2.45) is 11.3 Å². The van der Waals surface area contributed by atoms with Gasteiger partial charge in [0.15, 0.2) is 0 Å². The van der Waals surface area contributed by atoms with Gasteiger partial charge in [-0.05, 0) is 67.5 Å². The third-order valence-electron chi connectivity index (χ3n) is 6.59. The van der Waals surface area contributed by atoms with E-state index >= 15 is 0 Å². The van der Waals surface area contributed by atoms with E-state index in [9.17, 15) is 9.59 Å². The molecule has 0 heterocycles. The standard InChI is InChI=1S/C30H28O4/c1-5-30(4)19-24-23(18-25(30)20(2)3)26(33-28(31)21-12-8-6-9-13-21)16-17-27(24)34-29(32)22-14-10-7-11-15-22/h5-17,25H,1-2,18-19H2,3-4H3/t25-,30-/m1/s1. The Bertz CT molecular complexity index is 1240. The lowest BCUT2D eigenvalue weighted by Gasteiger charge is -2.41. The second-order valence-corrected chi connectivity index (χ2v) is 9.02. The highest BCUT2D eigenvalue weighted by atomic mass is 16.5. The molecular weight excluding hydrogens is 424 g/mol. The van der Waals surface area contributed by atoms with Crippen LogP contribution in [0.15, 0.2) is 97.6 Å². The summed E-state index contributed by atoms with van der Waals surface area (Å²) in [6, 6.07) is 21.2. The third kappa shape index (κ3) is 4.58. The van der Waals surface area contributed by atoms with Crippen molar-refractivity contribution in [3.63, 3.8) is 0 Å². The fourth-order valence-electron chi connectivity index (χ4n) is 4.62. The highest BCUT2D eigenvalue weighted by molar-refractivity contribution is 5.92. The van der Waals surface area contributed by atoms with Gasteiger partial charge in [0.25, 0.3) is 0 Å². The van der Waals surface area contributed by atoms with Gasteiger partial charge in [-0.1, -0.05) is 61.5 Å². The smallest absolute Gasteiger partial charge is 0.343 e. The van der Waals surface area contributed by atoms with Crippen LogP contribution in [0.4, 0.5) is 0 Å². The van der Waals surface area contributed by atoms with Crippen molar-refractivity contribution in [1.29, 1.82) is 0 Å². The van der Waals surface area contributed by atoms with Gasteiger partial charge < -0.3 is 9.47 Å². The molecule has 2 atom stereocenters. The summed E-state index contributed by atoms with van der Waals surface area (Å²) in [4.78, 5) is 25.6. The van der Waals surface area contributed by atoms with Crippen molar-refractivity contribution >= 4 is 11.9 Å². The molecule has 4 heteroatoms. The summed E-state index contributed by atoms with van der Waals surface area (Å²) in [6.45, 7) is 12.4. The monoisotopic (exact) mass is 452 g/mol. The molecule has 0 amide bonds. The van der Waals surface area contributed by atoms with Crippen molar-refractivity contribution in [2.45, 2.75) is 26.7 Å². The van der Waals surface area contributed by atoms with E-state index in [4.69, 9.17) is 9.47 Å². The molecule has 0 saturated heterocycles. The molecule has 0 spiro atoms. The van der Waals surface area contributed by atoms with E-state index in [0.29, 0.717) is 35.5 Å². The minimum absolute atomic E-state index is 0.103. The Labute approximate surface area is 200 Å². The lowest BCUT2D eigenvalue weighted by atomic mass is 9.63. The lowest BCUT2D eigenvalue weighted by Crippen LogP contribution is -2.35. The summed E-state index contributed by atoms with van der Waals surface area (Å²) in [6.07, 6.45) is 3.12. The zero-order valence-electron chi connectivity index (χ0n) is 19.5. The van der Waals surface area contributed by atoms with Gasteiger partial charge in [0.05, 0.1) is 11.1 Å². The van der Waals surface area contributed by atoms with Crippen molar-refractivity contribution in [2.75, 3.05) is 0 Å². The van der Waals surface area contributed by atoms with Gasteiger partial charge in [-0.2, -0.15) is 0 Å². The van der Waals surface area contributed by atoms with E-state index in [1.165, 1.54) is 0 Å². The van der Waals surface area contributed by atoms with Crippen LogP contribution in [0.25, 0.3) is 0 Å². The topological polar surface area (TPSA) is 52.6 Å². The second-order valence-electron chi connectivity index (χ2n) is 9.02. The molecule has 34 heavy (non-hydrogen) atoms. The number of hydrogen-bond donors (Lipinski definition) is 0. The van der Waals surface area contributed by atoms with Crippen LogP contribution in [0.1, 0.15) is 45.7 Å². The van der Waals surface area contributed by atoms with Crippen LogP contribution in [0, 0.1) is 11.3 Å². The van der Waals surface area contributed by atoms with E-state index in [1.54, 1.807) is 60.7 Å². The molecule has 4 rings (SSSR count). The molecule has 3 aromatic rings. The van der Waals surface area contributed by atoms with Gasteiger partial charge in [-0.3, -0.25) is 0 Å². The highest BCUT2D eigenvalue weighted by Gasteiger charge is 2.40. The first kappa shape index (κ1) is 23.2. The van der Waals surface area contributed by atoms with Gasteiger partial charge in [0.2, 0.25) is 0 Å². The summed E-state index contributed by atoms with van der Waals surface area (Å²) in [5.74, 6) is 0.184. The summed E-state index contributed by atoms with van der Waals surface area (Å²) in [7, 11) is 0. The normalized spacial score (nSPS) is 18.9. The van der Waals surface area contributed by atoms with Crippen LogP contribution >= 0.6 is 0 Å². The van der Waals surface area contributed by atoms with Crippen LogP contribution in [-0.2, 0) is 12.8 Å². The molecule has 0 aromatic heterocycles. The Kier molecular flexibility index (Phi) is 6.51. The predicted molar refractivity (Wildman–Crippen MR) is 133 cm³/mol. The van der Waals surface area contributed by atoms with Crippen LogP contribution in [-0.4, -0.2) is 11.9 Å². The summed E-state index contributed by atoms with van der Waals surface area (Å²) in [5, 5.41) is 0. The molecule has 3 aromatic carbocycles. The first-order valence-electron chi connectivity index (χ1n) is 11.3. The number of rotatable bonds is 6. The number of allylic oxidation sites excluding steroid dienone is 2. The van der Waals surface area contributed by atoms with Crippen molar-refractivity contribution in [1.82, 2.24) is 0 Å². The second kappa shape index (κ2) is 9.52. The number of hydrogen-bond acceptors (Lipinski definition) is 4. The van der Waals surface area contributed by atoms with Crippen LogP contribution in [0.2, 0.25) is 0 Å². The Morgan fingerprint density at radius 3 is 1.76 bits per heavy atom. The van der Waals surface area contributed by atoms with Gasteiger partial charge in [-0.25, -0.2) is 9.59 Å². The fourth-order valence-corrected chi connectivity index (χ4v) is 4.62. The molecule has 0 aliphatic heterocycles. The van der Waals surface area contributed by atoms with Gasteiger partial charge in [-0.15, -0.1) is 6.58 Å². The average molecular weight is 453 g/mol. The number of esters is 2. The maximum absolute atomic E-state index is 12.8. The first-order chi connectivity index (χ1) is 16.3. The van der Waals surface area contributed by atoms with Crippen molar-refractivity contribution < 1.29 is 19.1 Å². The Morgan fingerprint density at radius 1 is 0.853 bits per heavy atom. The first-order valence-corrected chi connectivity index (χ1v) is 11.3. The van der Waals surface area contributed by atoms with E-state index in [2.05, 4.69) is 20.1 Å². The molecule has 0 radical (unpaired) electrons.